The Morgan fingerprint density at radius 2 is 1.89 bits per heavy atom. The maximum atomic E-state index is 11.6. The van der Waals surface area contributed by atoms with Gasteiger partial charge < -0.3 is 15.2 Å². The van der Waals surface area contributed by atoms with Gasteiger partial charge in [0, 0.05) is 4.47 Å². The van der Waals surface area contributed by atoms with Crippen molar-refractivity contribution in [3.63, 3.8) is 0 Å². The fraction of sp³-hybridized carbons (Fsp3) is 0.385. The van der Waals surface area contributed by atoms with E-state index in [0.717, 1.165) is 10.0 Å². The van der Waals surface area contributed by atoms with Crippen molar-refractivity contribution in [3.05, 3.63) is 34.3 Å². The number of carbonyl (C=O) groups is 2. The number of carboxylic acids is 1. The van der Waals surface area contributed by atoms with Gasteiger partial charge in [-0.2, -0.15) is 0 Å². The summed E-state index contributed by atoms with van der Waals surface area (Å²) in [5.41, 5.74) is 0.961. The van der Waals surface area contributed by atoms with Crippen molar-refractivity contribution in [2.24, 2.45) is 0 Å². The molecule has 0 saturated heterocycles. The number of carboxylic acid groups (broad SMARTS) is 1. The Morgan fingerprint density at radius 3 is 2.42 bits per heavy atom. The first-order valence-electron chi connectivity index (χ1n) is 5.79. The van der Waals surface area contributed by atoms with Crippen LogP contribution in [0.3, 0.4) is 0 Å². The molecule has 0 bridgehead atoms. The van der Waals surface area contributed by atoms with Crippen molar-refractivity contribution in [2.45, 2.75) is 26.0 Å². The quantitative estimate of drug-likeness (QED) is 0.838. The molecule has 0 fully saturated rings. The van der Waals surface area contributed by atoms with Gasteiger partial charge in [-0.15, -0.1) is 0 Å². The molecule has 0 heterocycles. The number of halogens is 1. The Morgan fingerprint density at radius 1 is 1.32 bits per heavy atom. The first kappa shape index (κ1) is 15.7. The summed E-state index contributed by atoms with van der Waals surface area (Å²) in [5.74, 6) is -1.43. The second-order valence-corrected chi connectivity index (χ2v) is 5.05. The fourth-order valence-corrected chi connectivity index (χ4v) is 1.65. The predicted molar refractivity (Wildman–Crippen MR) is 73.7 cm³/mol. The van der Waals surface area contributed by atoms with Crippen LogP contribution in [0.5, 0.6) is 0 Å². The van der Waals surface area contributed by atoms with Crippen LogP contribution in [0, 0.1) is 0 Å². The van der Waals surface area contributed by atoms with E-state index in [0.29, 0.717) is 0 Å². The summed E-state index contributed by atoms with van der Waals surface area (Å²) in [4.78, 5) is 22.1. The fourth-order valence-electron chi connectivity index (χ4n) is 1.39. The van der Waals surface area contributed by atoms with Crippen LogP contribution in [-0.2, 0) is 14.3 Å². The highest BCUT2D eigenvalue weighted by atomic mass is 79.9. The molecule has 19 heavy (non-hydrogen) atoms. The summed E-state index contributed by atoms with van der Waals surface area (Å²) in [7, 11) is 0. The number of rotatable bonds is 6. The van der Waals surface area contributed by atoms with Crippen LogP contribution in [0.15, 0.2) is 28.7 Å². The minimum absolute atomic E-state index is 0.163. The molecule has 0 aromatic heterocycles. The van der Waals surface area contributed by atoms with E-state index in [-0.39, 0.29) is 18.6 Å². The number of benzene rings is 1. The lowest BCUT2D eigenvalue weighted by Crippen LogP contribution is -2.33. The second kappa shape index (κ2) is 7.25. The number of hydrogen-bond acceptors (Lipinski definition) is 3. The second-order valence-electron chi connectivity index (χ2n) is 4.13. The van der Waals surface area contributed by atoms with E-state index in [1.54, 1.807) is 0 Å². The Balaban J connectivity index is 2.44. The van der Waals surface area contributed by atoms with Crippen molar-refractivity contribution in [1.29, 1.82) is 0 Å². The lowest BCUT2D eigenvalue weighted by Gasteiger charge is -2.15. The Labute approximate surface area is 120 Å². The molecule has 2 N–H and O–H groups in total. The third kappa shape index (κ3) is 5.40. The van der Waals surface area contributed by atoms with E-state index in [2.05, 4.69) is 21.2 Å². The van der Waals surface area contributed by atoms with Crippen molar-refractivity contribution >= 4 is 27.8 Å². The number of amides is 1. The Kier molecular flexibility index (Phi) is 5.98. The molecule has 1 unspecified atom stereocenters. The summed E-state index contributed by atoms with van der Waals surface area (Å²) >= 11 is 3.34. The molecule has 0 spiro atoms. The predicted octanol–water partition coefficient (Wildman–Crippen LogP) is 2.12. The molecule has 1 rings (SSSR count). The largest absolute Gasteiger partial charge is 0.479 e. The summed E-state index contributed by atoms with van der Waals surface area (Å²) < 4.78 is 5.87. The zero-order chi connectivity index (χ0) is 14.4. The average molecular weight is 330 g/mol. The van der Waals surface area contributed by atoms with Gasteiger partial charge in [-0.3, -0.25) is 4.79 Å². The molecule has 6 heteroatoms. The Hall–Kier alpha value is -1.40. The van der Waals surface area contributed by atoms with Crippen LogP contribution >= 0.6 is 15.9 Å². The summed E-state index contributed by atoms with van der Waals surface area (Å²) in [5, 5.41) is 11.4. The third-order valence-corrected chi connectivity index (χ3v) is 3.09. The van der Waals surface area contributed by atoms with Crippen LogP contribution in [0.4, 0.5) is 0 Å². The molecule has 2 atom stereocenters. The van der Waals surface area contributed by atoms with E-state index in [9.17, 15) is 9.59 Å². The van der Waals surface area contributed by atoms with Gasteiger partial charge in [0.15, 0.2) is 6.10 Å². The minimum atomic E-state index is -1.09. The normalized spacial score (nSPS) is 13.6. The lowest BCUT2D eigenvalue weighted by molar-refractivity contribution is -0.150. The zero-order valence-corrected chi connectivity index (χ0v) is 12.3. The van der Waals surface area contributed by atoms with E-state index in [1.807, 2.05) is 31.2 Å². The third-order valence-electron chi connectivity index (χ3n) is 2.56. The smallest absolute Gasteiger partial charge is 0.332 e. The molecule has 0 aliphatic heterocycles. The molecule has 104 valence electrons. The first-order chi connectivity index (χ1) is 8.90. The Bertz CT molecular complexity index is 446. The average Bonchev–Trinajstić information content (AvgIpc) is 2.36. The van der Waals surface area contributed by atoms with E-state index < -0.39 is 12.1 Å². The number of ether oxygens (including phenoxy) is 1. The standard InChI is InChI=1S/C13H16BrNO4/c1-8(10-3-5-11(14)6-4-10)15-12(16)7-19-9(2)13(17)18/h3-6,8-9H,7H2,1-2H3,(H,15,16)(H,17,18)/t8?,9-/m0/s1. The molecule has 1 aromatic carbocycles. The maximum absolute atomic E-state index is 11.6. The number of nitrogens with one attached hydrogen (secondary N) is 1. The van der Waals surface area contributed by atoms with E-state index in [1.165, 1.54) is 6.92 Å². The van der Waals surface area contributed by atoms with Crippen molar-refractivity contribution in [1.82, 2.24) is 5.32 Å². The van der Waals surface area contributed by atoms with Crippen molar-refractivity contribution in [3.8, 4) is 0 Å². The monoisotopic (exact) mass is 329 g/mol. The summed E-state index contributed by atoms with van der Waals surface area (Å²) in [6, 6.07) is 7.41. The van der Waals surface area contributed by atoms with E-state index >= 15 is 0 Å². The van der Waals surface area contributed by atoms with Crippen LogP contribution in [0.2, 0.25) is 0 Å². The van der Waals surface area contributed by atoms with Crippen molar-refractivity contribution < 1.29 is 19.4 Å². The molecule has 1 aromatic rings. The van der Waals surface area contributed by atoms with Gasteiger partial charge in [-0.05, 0) is 31.5 Å². The first-order valence-corrected chi connectivity index (χ1v) is 6.58. The molecular weight excluding hydrogens is 314 g/mol. The molecule has 0 saturated carbocycles. The van der Waals surface area contributed by atoms with Crippen LogP contribution in [-0.4, -0.2) is 29.7 Å². The molecular formula is C13H16BrNO4. The molecule has 5 nitrogen and oxygen atoms in total. The maximum Gasteiger partial charge on any atom is 0.332 e. The summed E-state index contributed by atoms with van der Waals surface area (Å²) in [6.07, 6.45) is -0.992. The summed E-state index contributed by atoms with van der Waals surface area (Å²) in [6.45, 7) is 2.96. The zero-order valence-electron chi connectivity index (χ0n) is 10.7. The molecule has 0 aliphatic carbocycles. The van der Waals surface area contributed by atoms with Gasteiger partial charge in [-0.25, -0.2) is 4.79 Å². The van der Waals surface area contributed by atoms with Gasteiger partial charge in [-0.1, -0.05) is 28.1 Å². The van der Waals surface area contributed by atoms with Crippen LogP contribution in [0.25, 0.3) is 0 Å². The van der Waals surface area contributed by atoms with Gasteiger partial charge in [0.1, 0.15) is 6.61 Å². The van der Waals surface area contributed by atoms with Crippen LogP contribution < -0.4 is 5.32 Å². The molecule has 1 amide bonds. The number of aliphatic carboxylic acids is 1. The molecule has 0 aliphatic rings. The highest BCUT2D eigenvalue weighted by molar-refractivity contribution is 9.10. The minimum Gasteiger partial charge on any atom is -0.479 e. The molecule has 0 radical (unpaired) electrons. The number of carbonyl (C=O) groups excluding carboxylic acids is 1. The topological polar surface area (TPSA) is 75.6 Å². The highest BCUT2D eigenvalue weighted by Gasteiger charge is 2.14. The van der Waals surface area contributed by atoms with Gasteiger partial charge in [0.2, 0.25) is 5.91 Å². The number of hydrogen-bond donors (Lipinski definition) is 2. The lowest BCUT2D eigenvalue weighted by atomic mass is 10.1. The SMILES string of the molecule is CC(NC(=O)CO[C@@H](C)C(=O)O)c1ccc(Br)cc1. The van der Waals surface area contributed by atoms with E-state index in [4.69, 9.17) is 9.84 Å². The highest BCUT2D eigenvalue weighted by Crippen LogP contribution is 2.16. The van der Waals surface area contributed by atoms with Gasteiger partial charge >= 0.3 is 5.97 Å². The van der Waals surface area contributed by atoms with Gasteiger partial charge in [0.25, 0.3) is 0 Å². The van der Waals surface area contributed by atoms with Crippen molar-refractivity contribution in [2.75, 3.05) is 6.61 Å². The van der Waals surface area contributed by atoms with Crippen LogP contribution in [0.1, 0.15) is 25.5 Å². The van der Waals surface area contributed by atoms with Gasteiger partial charge in [0.05, 0.1) is 6.04 Å².